The maximum atomic E-state index is 11.7. The maximum absolute atomic E-state index is 11.7. The molecule has 0 saturated carbocycles. The van der Waals surface area contributed by atoms with Gasteiger partial charge in [-0.05, 0) is 6.42 Å². The van der Waals surface area contributed by atoms with E-state index in [1.807, 2.05) is 6.92 Å². The lowest BCUT2D eigenvalue weighted by Gasteiger charge is -2.12. The molecule has 1 amide bonds. The third-order valence-electron chi connectivity index (χ3n) is 2.33. The summed E-state index contributed by atoms with van der Waals surface area (Å²) in [5, 5.41) is 13.9. The lowest BCUT2D eigenvalue weighted by molar-refractivity contribution is -0.141. The van der Waals surface area contributed by atoms with E-state index in [1.54, 1.807) is 5.38 Å². The van der Waals surface area contributed by atoms with Gasteiger partial charge >= 0.3 is 5.97 Å². The normalized spacial score (nSPS) is 12.1. The standard InChI is InChI=1S/C11H17N3O3S/c1-2-3-8(11(16)17)14-9(15)4-7-6-18-10(5-12)13-7/h6,8H,2-5,12H2,1H3,(H,14,15)(H,16,17). The number of aromatic nitrogens is 1. The summed E-state index contributed by atoms with van der Waals surface area (Å²) in [6, 6.07) is -0.824. The van der Waals surface area contributed by atoms with Crippen molar-refractivity contribution in [3.05, 3.63) is 16.1 Å². The molecule has 1 rings (SSSR count). The van der Waals surface area contributed by atoms with Crippen LogP contribution in [0.1, 0.15) is 30.5 Å². The molecular formula is C11H17N3O3S. The van der Waals surface area contributed by atoms with E-state index in [1.165, 1.54) is 11.3 Å². The van der Waals surface area contributed by atoms with Gasteiger partial charge in [0.05, 0.1) is 12.1 Å². The van der Waals surface area contributed by atoms with E-state index in [4.69, 9.17) is 10.8 Å². The Bertz CT molecular complexity index is 419. The number of thiazole rings is 1. The van der Waals surface area contributed by atoms with Crippen LogP contribution in [0.4, 0.5) is 0 Å². The molecule has 0 aliphatic carbocycles. The monoisotopic (exact) mass is 271 g/mol. The molecule has 0 aromatic carbocycles. The molecule has 0 aliphatic heterocycles. The van der Waals surface area contributed by atoms with Crippen molar-refractivity contribution >= 4 is 23.2 Å². The third-order valence-corrected chi connectivity index (χ3v) is 3.25. The van der Waals surface area contributed by atoms with Crippen LogP contribution < -0.4 is 11.1 Å². The zero-order valence-electron chi connectivity index (χ0n) is 10.2. The minimum absolute atomic E-state index is 0.0873. The van der Waals surface area contributed by atoms with E-state index in [0.717, 1.165) is 5.01 Å². The van der Waals surface area contributed by atoms with Gasteiger partial charge < -0.3 is 16.2 Å². The van der Waals surface area contributed by atoms with Gasteiger partial charge in [-0.1, -0.05) is 13.3 Å². The van der Waals surface area contributed by atoms with Gasteiger partial charge in [-0.25, -0.2) is 9.78 Å². The van der Waals surface area contributed by atoms with Crippen molar-refractivity contribution in [2.45, 2.75) is 38.8 Å². The van der Waals surface area contributed by atoms with Crippen LogP contribution in [0.5, 0.6) is 0 Å². The van der Waals surface area contributed by atoms with Crippen molar-refractivity contribution in [3.63, 3.8) is 0 Å². The molecule has 0 radical (unpaired) electrons. The Hall–Kier alpha value is -1.47. The molecule has 100 valence electrons. The Morgan fingerprint density at radius 1 is 1.61 bits per heavy atom. The Balaban J connectivity index is 2.51. The van der Waals surface area contributed by atoms with Crippen molar-refractivity contribution in [3.8, 4) is 0 Å². The van der Waals surface area contributed by atoms with Crippen molar-refractivity contribution in [1.29, 1.82) is 0 Å². The molecule has 18 heavy (non-hydrogen) atoms. The second kappa shape index (κ2) is 7.07. The summed E-state index contributed by atoms with van der Waals surface area (Å²) in [7, 11) is 0. The summed E-state index contributed by atoms with van der Waals surface area (Å²) in [4.78, 5) is 26.7. The molecule has 1 aromatic heterocycles. The molecule has 7 heteroatoms. The lowest BCUT2D eigenvalue weighted by Crippen LogP contribution is -2.41. The number of amides is 1. The van der Waals surface area contributed by atoms with Crippen LogP contribution in [0, 0.1) is 0 Å². The first-order valence-electron chi connectivity index (χ1n) is 5.72. The van der Waals surface area contributed by atoms with Gasteiger partial charge in [-0.2, -0.15) is 0 Å². The molecule has 1 heterocycles. The predicted molar refractivity (Wildman–Crippen MR) is 68.2 cm³/mol. The van der Waals surface area contributed by atoms with E-state index < -0.39 is 12.0 Å². The number of hydrogen-bond donors (Lipinski definition) is 3. The molecular weight excluding hydrogens is 254 g/mol. The highest BCUT2D eigenvalue weighted by Gasteiger charge is 2.19. The van der Waals surface area contributed by atoms with Gasteiger partial charge in [0.15, 0.2) is 0 Å². The summed E-state index contributed by atoms with van der Waals surface area (Å²) in [6.07, 6.45) is 1.21. The Labute approximate surface area is 109 Å². The summed E-state index contributed by atoms with van der Waals surface area (Å²) in [6.45, 7) is 2.22. The van der Waals surface area contributed by atoms with Crippen LogP contribution in [0.25, 0.3) is 0 Å². The highest BCUT2D eigenvalue weighted by molar-refractivity contribution is 7.09. The molecule has 0 spiro atoms. The number of carbonyl (C=O) groups is 2. The van der Waals surface area contributed by atoms with Gasteiger partial charge in [0.2, 0.25) is 5.91 Å². The summed E-state index contributed by atoms with van der Waals surface area (Å²) < 4.78 is 0. The van der Waals surface area contributed by atoms with Crippen molar-refractivity contribution < 1.29 is 14.7 Å². The molecule has 1 aromatic rings. The number of carboxylic acids is 1. The van der Waals surface area contributed by atoms with Crippen LogP contribution in [0.3, 0.4) is 0 Å². The van der Waals surface area contributed by atoms with E-state index in [0.29, 0.717) is 25.1 Å². The first-order chi connectivity index (χ1) is 8.56. The van der Waals surface area contributed by atoms with Crippen molar-refractivity contribution in [2.75, 3.05) is 0 Å². The number of nitrogens with two attached hydrogens (primary N) is 1. The second-order valence-electron chi connectivity index (χ2n) is 3.86. The lowest BCUT2D eigenvalue weighted by atomic mass is 10.1. The number of nitrogens with zero attached hydrogens (tertiary/aromatic N) is 1. The smallest absolute Gasteiger partial charge is 0.326 e. The van der Waals surface area contributed by atoms with Crippen molar-refractivity contribution in [2.24, 2.45) is 5.73 Å². The minimum atomic E-state index is -1.01. The Morgan fingerprint density at radius 2 is 2.33 bits per heavy atom. The zero-order chi connectivity index (χ0) is 13.5. The molecule has 6 nitrogen and oxygen atoms in total. The van der Waals surface area contributed by atoms with E-state index in [-0.39, 0.29) is 12.3 Å². The number of hydrogen-bond acceptors (Lipinski definition) is 5. The SMILES string of the molecule is CCCC(NC(=O)Cc1csc(CN)n1)C(=O)O. The quantitative estimate of drug-likeness (QED) is 0.670. The molecule has 0 fully saturated rings. The number of nitrogens with one attached hydrogen (secondary N) is 1. The van der Waals surface area contributed by atoms with Crippen LogP contribution in [-0.4, -0.2) is 28.0 Å². The predicted octanol–water partition coefficient (Wildman–Crippen LogP) is 0.514. The molecule has 1 atom stereocenters. The van der Waals surface area contributed by atoms with E-state index >= 15 is 0 Å². The zero-order valence-corrected chi connectivity index (χ0v) is 11.0. The Kier molecular flexibility index (Phi) is 5.73. The molecule has 0 aliphatic rings. The van der Waals surface area contributed by atoms with E-state index in [9.17, 15) is 9.59 Å². The average Bonchev–Trinajstić information content (AvgIpc) is 2.76. The highest BCUT2D eigenvalue weighted by atomic mass is 32.1. The topological polar surface area (TPSA) is 105 Å². The summed E-state index contributed by atoms with van der Waals surface area (Å²) in [5.74, 6) is -1.34. The largest absolute Gasteiger partial charge is 0.480 e. The maximum Gasteiger partial charge on any atom is 0.326 e. The van der Waals surface area contributed by atoms with Crippen molar-refractivity contribution in [1.82, 2.24) is 10.3 Å². The highest BCUT2D eigenvalue weighted by Crippen LogP contribution is 2.09. The number of rotatable bonds is 7. The second-order valence-corrected chi connectivity index (χ2v) is 4.80. The van der Waals surface area contributed by atoms with Crippen LogP contribution >= 0.6 is 11.3 Å². The third kappa shape index (κ3) is 4.42. The summed E-state index contributed by atoms with van der Waals surface area (Å²) >= 11 is 1.39. The molecule has 0 saturated heterocycles. The number of carboxylic acid groups (broad SMARTS) is 1. The average molecular weight is 271 g/mol. The van der Waals surface area contributed by atoms with Crippen LogP contribution in [0.15, 0.2) is 5.38 Å². The van der Waals surface area contributed by atoms with Gasteiger partial charge in [0.1, 0.15) is 11.0 Å². The molecule has 4 N–H and O–H groups in total. The number of carbonyl (C=O) groups excluding carboxylic acids is 1. The van der Waals surface area contributed by atoms with Crippen LogP contribution in [-0.2, 0) is 22.6 Å². The van der Waals surface area contributed by atoms with Crippen LogP contribution in [0.2, 0.25) is 0 Å². The molecule has 1 unspecified atom stereocenters. The molecule has 0 bridgehead atoms. The van der Waals surface area contributed by atoms with Gasteiger partial charge in [0, 0.05) is 11.9 Å². The van der Waals surface area contributed by atoms with Gasteiger partial charge in [-0.3, -0.25) is 4.79 Å². The Morgan fingerprint density at radius 3 is 2.83 bits per heavy atom. The minimum Gasteiger partial charge on any atom is -0.480 e. The van der Waals surface area contributed by atoms with E-state index in [2.05, 4.69) is 10.3 Å². The first-order valence-corrected chi connectivity index (χ1v) is 6.60. The van der Waals surface area contributed by atoms with Gasteiger partial charge in [-0.15, -0.1) is 11.3 Å². The number of aliphatic carboxylic acids is 1. The fourth-order valence-corrected chi connectivity index (χ4v) is 2.15. The van der Waals surface area contributed by atoms with Gasteiger partial charge in [0.25, 0.3) is 0 Å². The fourth-order valence-electron chi connectivity index (χ4n) is 1.48. The first kappa shape index (κ1) is 14.6. The fraction of sp³-hybridized carbons (Fsp3) is 0.545. The summed E-state index contributed by atoms with van der Waals surface area (Å²) in [5.41, 5.74) is 6.05.